The third kappa shape index (κ3) is 3.83. The predicted molar refractivity (Wildman–Crippen MR) is 83.5 cm³/mol. The molecule has 0 saturated heterocycles. The molecule has 0 amide bonds. The van der Waals surface area contributed by atoms with Crippen LogP contribution in [0, 0.1) is 5.92 Å². The zero-order valence-corrected chi connectivity index (χ0v) is 13.3. The van der Waals surface area contributed by atoms with Crippen LogP contribution in [0.2, 0.25) is 0 Å². The molecule has 1 saturated carbocycles. The first-order valence-electron chi connectivity index (χ1n) is 8.13. The second-order valence-corrected chi connectivity index (χ2v) is 6.41. The lowest BCUT2D eigenvalue weighted by atomic mass is 10.1. The summed E-state index contributed by atoms with van der Waals surface area (Å²) in [6.45, 7) is 9.67. The Morgan fingerprint density at radius 1 is 1.45 bits per heavy atom. The van der Waals surface area contributed by atoms with Gasteiger partial charge in [-0.2, -0.15) is 0 Å². The van der Waals surface area contributed by atoms with Crippen LogP contribution >= 0.6 is 0 Å². The van der Waals surface area contributed by atoms with Gasteiger partial charge < -0.3 is 10.3 Å². The van der Waals surface area contributed by atoms with Crippen LogP contribution in [0.4, 0.5) is 0 Å². The number of rotatable bonds is 9. The van der Waals surface area contributed by atoms with Crippen molar-refractivity contribution in [3.63, 3.8) is 0 Å². The van der Waals surface area contributed by atoms with E-state index in [1.54, 1.807) is 0 Å². The van der Waals surface area contributed by atoms with Gasteiger partial charge in [-0.25, -0.2) is 4.98 Å². The van der Waals surface area contributed by atoms with Crippen molar-refractivity contribution < 1.29 is 0 Å². The Labute approximate surface area is 123 Å². The highest BCUT2D eigenvalue weighted by Crippen LogP contribution is 2.34. The number of aromatic nitrogens is 2. The highest BCUT2D eigenvalue weighted by Gasteiger charge is 2.34. The molecule has 1 aliphatic carbocycles. The van der Waals surface area contributed by atoms with Crippen molar-refractivity contribution in [2.75, 3.05) is 13.1 Å². The second-order valence-electron chi connectivity index (χ2n) is 6.41. The van der Waals surface area contributed by atoms with Gasteiger partial charge in [-0.05, 0) is 38.1 Å². The average Bonchev–Trinajstić information content (AvgIpc) is 3.16. The van der Waals surface area contributed by atoms with E-state index in [9.17, 15) is 0 Å². The number of hydrogen-bond acceptors (Lipinski definition) is 3. The van der Waals surface area contributed by atoms with E-state index in [0.29, 0.717) is 12.6 Å². The fourth-order valence-electron chi connectivity index (χ4n) is 2.87. The van der Waals surface area contributed by atoms with Gasteiger partial charge in [0.05, 0.1) is 18.1 Å². The minimum atomic E-state index is 0.329. The summed E-state index contributed by atoms with van der Waals surface area (Å²) in [6.07, 6.45) is 9.00. The lowest BCUT2D eigenvalue weighted by molar-refractivity contribution is 0.174. The van der Waals surface area contributed by atoms with Crippen molar-refractivity contribution in [1.29, 1.82) is 0 Å². The molecule has 2 N–H and O–H groups in total. The van der Waals surface area contributed by atoms with Crippen LogP contribution in [0.15, 0.2) is 12.5 Å². The number of nitrogens with two attached hydrogens (primary N) is 1. The van der Waals surface area contributed by atoms with Gasteiger partial charge in [0.1, 0.15) is 0 Å². The summed E-state index contributed by atoms with van der Waals surface area (Å²) < 4.78 is 2.28. The second kappa shape index (κ2) is 7.23. The first kappa shape index (κ1) is 15.5. The molecule has 1 atom stereocenters. The van der Waals surface area contributed by atoms with Crippen LogP contribution in [-0.2, 0) is 6.54 Å². The maximum absolute atomic E-state index is 6.12. The zero-order chi connectivity index (χ0) is 14.5. The summed E-state index contributed by atoms with van der Waals surface area (Å²) in [5.74, 6) is 0.746. The van der Waals surface area contributed by atoms with Gasteiger partial charge >= 0.3 is 0 Å². The van der Waals surface area contributed by atoms with Crippen LogP contribution < -0.4 is 5.73 Å². The van der Waals surface area contributed by atoms with Crippen LogP contribution in [0.3, 0.4) is 0 Å². The third-order valence-electron chi connectivity index (χ3n) is 4.15. The van der Waals surface area contributed by atoms with Crippen molar-refractivity contribution in [2.45, 2.75) is 65.1 Å². The molecular weight excluding hydrogens is 248 g/mol. The largest absolute Gasteiger partial charge is 0.333 e. The maximum atomic E-state index is 6.12. The molecule has 20 heavy (non-hydrogen) atoms. The number of aryl methyl sites for hydroxylation is 1. The van der Waals surface area contributed by atoms with Crippen molar-refractivity contribution >= 4 is 0 Å². The molecule has 1 aromatic heterocycles. The zero-order valence-electron chi connectivity index (χ0n) is 13.3. The summed E-state index contributed by atoms with van der Waals surface area (Å²) in [6, 6.07) is 1.07. The van der Waals surface area contributed by atoms with E-state index in [-0.39, 0.29) is 0 Å². The van der Waals surface area contributed by atoms with E-state index in [1.807, 2.05) is 12.5 Å². The molecule has 0 bridgehead atoms. The molecule has 2 rings (SSSR count). The number of imidazole rings is 1. The number of hydrogen-bond donors (Lipinski definition) is 1. The van der Waals surface area contributed by atoms with Crippen molar-refractivity contribution in [3.05, 3.63) is 18.2 Å². The van der Waals surface area contributed by atoms with E-state index in [1.165, 1.54) is 25.0 Å². The average molecular weight is 278 g/mol. The monoisotopic (exact) mass is 278 g/mol. The fourth-order valence-corrected chi connectivity index (χ4v) is 2.87. The first-order chi connectivity index (χ1) is 9.67. The van der Waals surface area contributed by atoms with Crippen LogP contribution in [0.1, 0.15) is 58.2 Å². The predicted octanol–water partition coefficient (Wildman–Crippen LogP) is 2.80. The molecule has 4 heteroatoms. The smallest absolute Gasteiger partial charge is 0.0948 e. The fraction of sp³-hybridized carbons (Fsp3) is 0.812. The van der Waals surface area contributed by atoms with Crippen molar-refractivity contribution in [2.24, 2.45) is 11.7 Å². The molecule has 1 unspecified atom stereocenters. The van der Waals surface area contributed by atoms with Crippen LogP contribution in [0.5, 0.6) is 0 Å². The summed E-state index contributed by atoms with van der Waals surface area (Å²) in [5.41, 5.74) is 7.42. The van der Waals surface area contributed by atoms with Gasteiger partial charge in [0.15, 0.2) is 0 Å². The lowest BCUT2D eigenvalue weighted by Gasteiger charge is -2.32. The number of nitrogens with zero attached hydrogens (tertiary/aromatic N) is 3. The Kier molecular flexibility index (Phi) is 5.61. The Balaban J connectivity index is 2.12. The normalized spacial score (nSPS) is 17.1. The summed E-state index contributed by atoms with van der Waals surface area (Å²) in [5, 5.41) is 0. The van der Waals surface area contributed by atoms with Crippen LogP contribution in [0.25, 0.3) is 0 Å². The van der Waals surface area contributed by atoms with E-state index < -0.39 is 0 Å². The molecule has 4 nitrogen and oxygen atoms in total. The molecule has 0 spiro atoms. The molecule has 0 aromatic carbocycles. The molecule has 114 valence electrons. The van der Waals surface area contributed by atoms with E-state index in [4.69, 9.17) is 5.73 Å². The topological polar surface area (TPSA) is 47.1 Å². The quantitative estimate of drug-likeness (QED) is 0.755. The molecule has 1 aromatic rings. The molecular formula is C16H30N4. The molecule has 0 radical (unpaired) electrons. The molecule has 1 aliphatic rings. The highest BCUT2D eigenvalue weighted by atomic mass is 15.2. The van der Waals surface area contributed by atoms with Gasteiger partial charge in [0, 0.05) is 25.3 Å². The van der Waals surface area contributed by atoms with Gasteiger partial charge in [0.25, 0.3) is 0 Å². The van der Waals surface area contributed by atoms with Gasteiger partial charge in [-0.15, -0.1) is 0 Å². The Bertz CT molecular complexity index is 395. The lowest BCUT2D eigenvalue weighted by Crippen LogP contribution is -2.37. The SMILES string of the molecule is CCCn1cncc1C(CN)N(CCC(C)C)C1CC1. The first-order valence-corrected chi connectivity index (χ1v) is 8.13. The summed E-state index contributed by atoms with van der Waals surface area (Å²) >= 11 is 0. The Morgan fingerprint density at radius 2 is 2.20 bits per heavy atom. The van der Waals surface area contributed by atoms with Gasteiger partial charge in [-0.1, -0.05) is 20.8 Å². The van der Waals surface area contributed by atoms with E-state index in [2.05, 4.69) is 35.2 Å². The molecule has 1 heterocycles. The minimum absolute atomic E-state index is 0.329. The highest BCUT2D eigenvalue weighted by molar-refractivity contribution is 5.08. The van der Waals surface area contributed by atoms with E-state index >= 15 is 0 Å². The van der Waals surface area contributed by atoms with Gasteiger partial charge in [-0.3, -0.25) is 4.90 Å². The standard InChI is InChI=1S/C16H30N4/c1-4-8-19-12-18-11-16(19)15(10-17)20(14-5-6-14)9-7-13(2)3/h11-15H,4-10,17H2,1-3H3. The maximum Gasteiger partial charge on any atom is 0.0948 e. The van der Waals surface area contributed by atoms with Crippen LogP contribution in [-0.4, -0.2) is 33.6 Å². The molecule has 0 aliphatic heterocycles. The van der Waals surface area contributed by atoms with Crippen molar-refractivity contribution in [3.8, 4) is 0 Å². The van der Waals surface area contributed by atoms with Gasteiger partial charge in [0.2, 0.25) is 0 Å². The minimum Gasteiger partial charge on any atom is -0.333 e. The van der Waals surface area contributed by atoms with Crippen molar-refractivity contribution in [1.82, 2.24) is 14.5 Å². The Hall–Kier alpha value is -0.870. The summed E-state index contributed by atoms with van der Waals surface area (Å²) in [4.78, 5) is 6.98. The molecule has 1 fully saturated rings. The summed E-state index contributed by atoms with van der Waals surface area (Å²) in [7, 11) is 0. The third-order valence-corrected chi connectivity index (χ3v) is 4.15. The van der Waals surface area contributed by atoms with E-state index in [0.717, 1.165) is 31.5 Å². The Morgan fingerprint density at radius 3 is 2.75 bits per heavy atom.